The summed E-state index contributed by atoms with van der Waals surface area (Å²) < 4.78 is 10.2. The summed E-state index contributed by atoms with van der Waals surface area (Å²) in [6, 6.07) is 8.93. The minimum atomic E-state index is -0.471. The van der Waals surface area contributed by atoms with Gasteiger partial charge in [0.15, 0.2) is 6.29 Å². The van der Waals surface area contributed by atoms with Crippen molar-refractivity contribution < 1.29 is 14.3 Å². The summed E-state index contributed by atoms with van der Waals surface area (Å²) in [6.45, 7) is 1.83. The number of carbonyl (C=O) groups excluding carboxylic acids is 1. The number of aromatic nitrogens is 1. The van der Waals surface area contributed by atoms with E-state index in [2.05, 4.69) is 10.3 Å². The maximum atomic E-state index is 12.2. The lowest BCUT2D eigenvalue weighted by Gasteiger charge is -2.22. The van der Waals surface area contributed by atoms with Gasteiger partial charge in [0.05, 0.1) is 11.6 Å². The highest BCUT2D eigenvalue weighted by atomic mass is 16.7. The molecule has 2 aromatic rings. The molecule has 1 unspecified atom stereocenters. The Morgan fingerprint density at radius 1 is 1.25 bits per heavy atom. The fraction of sp³-hybridized carbons (Fsp3) is 0.333. The topological polar surface area (TPSA) is 60.5 Å². The number of fused-ring (bicyclic) bond motifs is 1. The molecule has 106 valence electrons. The van der Waals surface area contributed by atoms with Gasteiger partial charge >= 0.3 is 0 Å². The van der Waals surface area contributed by atoms with Crippen LogP contribution in [0.1, 0.15) is 17.3 Å². The van der Waals surface area contributed by atoms with Crippen molar-refractivity contribution in [2.75, 3.05) is 14.2 Å². The molecule has 0 fully saturated rings. The molecule has 20 heavy (non-hydrogen) atoms. The maximum Gasteiger partial charge on any atom is 0.251 e. The molecule has 0 spiro atoms. The van der Waals surface area contributed by atoms with Gasteiger partial charge in [-0.25, -0.2) is 0 Å². The van der Waals surface area contributed by atoms with E-state index in [1.165, 1.54) is 0 Å². The van der Waals surface area contributed by atoms with Gasteiger partial charge in [-0.3, -0.25) is 9.78 Å². The Morgan fingerprint density at radius 2 is 2.00 bits per heavy atom. The summed E-state index contributed by atoms with van der Waals surface area (Å²) in [4.78, 5) is 16.4. The first kappa shape index (κ1) is 14.4. The minimum absolute atomic E-state index is 0.164. The molecular weight excluding hydrogens is 256 g/mol. The van der Waals surface area contributed by atoms with Crippen molar-refractivity contribution in [3.8, 4) is 0 Å². The Hall–Kier alpha value is -1.98. The van der Waals surface area contributed by atoms with Crippen molar-refractivity contribution in [1.29, 1.82) is 0 Å². The van der Waals surface area contributed by atoms with Gasteiger partial charge in [0.1, 0.15) is 0 Å². The first-order valence-corrected chi connectivity index (χ1v) is 6.37. The van der Waals surface area contributed by atoms with E-state index in [0.717, 1.165) is 10.9 Å². The number of nitrogens with one attached hydrogen (secondary N) is 1. The predicted molar refractivity (Wildman–Crippen MR) is 76.5 cm³/mol. The smallest absolute Gasteiger partial charge is 0.251 e. The highest BCUT2D eigenvalue weighted by Gasteiger charge is 2.18. The lowest BCUT2D eigenvalue weighted by Crippen LogP contribution is -2.42. The van der Waals surface area contributed by atoms with Gasteiger partial charge in [0, 0.05) is 31.4 Å². The molecule has 0 aliphatic carbocycles. The van der Waals surface area contributed by atoms with E-state index in [4.69, 9.17) is 9.47 Å². The molecule has 0 aliphatic heterocycles. The van der Waals surface area contributed by atoms with Gasteiger partial charge in [-0.05, 0) is 31.2 Å². The fourth-order valence-electron chi connectivity index (χ4n) is 2.08. The Morgan fingerprint density at radius 3 is 2.70 bits per heavy atom. The number of carbonyl (C=O) groups is 1. The van der Waals surface area contributed by atoms with Crippen LogP contribution in [-0.4, -0.2) is 37.4 Å². The lowest BCUT2D eigenvalue weighted by molar-refractivity contribution is -0.117. The van der Waals surface area contributed by atoms with Crippen molar-refractivity contribution >= 4 is 16.8 Å². The average molecular weight is 274 g/mol. The summed E-state index contributed by atoms with van der Waals surface area (Å²) >= 11 is 0. The lowest BCUT2D eigenvalue weighted by atomic mass is 10.1. The van der Waals surface area contributed by atoms with E-state index >= 15 is 0 Å². The second kappa shape index (κ2) is 6.45. The molecule has 1 amide bonds. The van der Waals surface area contributed by atoms with E-state index in [1.54, 1.807) is 26.5 Å². The number of hydrogen-bond donors (Lipinski definition) is 1. The van der Waals surface area contributed by atoms with Gasteiger partial charge in [-0.2, -0.15) is 0 Å². The van der Waals surface area contributed by atoms with E-state index in [0.29, 0.717) is 5.56 Å². The summed E-state index contributed by atoms with van der Waals surface area (Å²) in [5, 5.41) is 3.79. The fourth-order valence-corrected chi connectivity index (χ4v) is 2.08. The quantitative estimate of drug-likeness (QED) is 0.847. The van der Waals surface area contributed by atoms with Crippen LogP contribution < -0.4 is 5.32 Å². The number of rotatable bonds is 5. The Bertz CT molecular complexity index is 596. The first-order chi connectivity index (χ1) is 9.65. The van der Waals surface area contributed by atoms with E-state index < -0.39 is 6.29 Å². The minimum Gasteiger partial charge on any atom is -0.354 e. The molecule has 0 bridgehead atoms. The summed E-state index contributed by atoms with van der Waals surface area (Å²) in [5.41, 5.74) is 1.45. The third-order valence-electron chi connectivity index (χ3n) is 3.10. The SMILES string of the molecule is COC(OC)C(C)NC(=O)c1ccc2ncccc2c1. The molecule has 1 aromatic carbocycles. The van der Waals surface area contributed by atoms with Crippen LogP contribution in [0.2, 0.25) is 0 Å². The number of ether oxygens (including phenoxy) is 2. The van der Waals surface area contributed by atoms with Crippen LogP contribution in [0, 0.1) is 0 Å². The molecule has 0 radical (unpaired) electrons. The number of pyridine rings is 1. The number of benzene rings is 1. The third-order valence-corrected chi connectivity index (χ3v) is 3.10. The second-order valence-electron chi connectivity index (χ2n) is 4.51. The van der Waals surface area contributed by atoms with Gasteiger partial charge < -0.3 is 14.8 Å². The van der Waals surface area contributed by atoms with Crippen LogP contribution in [0.5, 0.6) is 0 Å². The molecule has 0 saturated carbocycles. The zero-order valence-corrected chi connectivity index (χ0v) is 11.8. The Labute approximate surface area is 117 Å². The highest BCUT2D eigenvalue weighted by Crippen LogP contribution is 2.13. The second-order valence-corrected chi connectivity index (χ2v) is 4.51. The molecule has 2 rings (SSSR count). The van der Waals surface area contributed by atoms with Gasteiger partial charge in [-0.1, -0.05) is 6.07 Å². The maximum absolute atomic E-state index is 12.2. The van der Waals surface area contributed by atoms with Gasteiger partial charge in [0.25, 0.3) is 5.91 Å². The Kier molecular flexibility index (Phi) is 4.65. The Balaban J connectivity index is 2.15. The summed E-state index contributed by atoms with van der Waals surface area (Å²) in [7, 11) is 3.08. The van der Waals surface area contributed by atoms with Crippen LogP contribution in [0.4, 0.5) is 0 Å². The number of nitrogens with zero attached hydrogens (tertiary/aromatic N) is 1. The summed E-state index contributed by atoms with van der Waals surface area (Å²) in [6.07, 6.45) is 1.26. The standard InChI is InChI=1S/C15H18N2O3/c1-10(15(19-2)20-3)17-14(18)12-6-7-13-11(9-12)5-4-8-16-13/h4-10,15H,1-3H3,(H,17,18). The predicted octanol–water partition coefficient (Wildman–Crippen LogP) is 1.97. The number of hydrogen-bond acceptors (Lipinski definition) is 4. The molecular formula is C15H18N2O3. The monoisotopic (exact) mass is 274 g/mol. The first-order valence-electron chi connectivity index (χ1n) is 6.37. The molecule has 1 N–H and O–H groups in total. The van der Waals surface area contributed by atoms with Crippen LogP contribution in [-0.2, 0) is 9.47 Å². The van der Waals surface area contributed by atoms with Crippen molar-refractivity contribution in [3.63, 3.8) is 0 Å². The van der Waals surface area contributed by atoms with Crippen molar-refractivity contribution in [2.45, 2.75) is 19.3 Å². The number of amides is 1. The molecule has 0 saturated heterocycles. The molecule has 5 heteroatoms. The van der Waals surface area contributed by atoms with Gasteiger partial charge in [0.2, 0.25) is 0 Å². The van der Waals surface area contributed by atoms with Crippen LogP contribution in [0.15, 0.2) is 36.5 Å². The van der Waals surface area contributed by atoms with E-state index in [-0.39, 0.29) is 11.9 Å². The normalized spacial score (nSPS) is 12.6. The number of methoxy groups -OCH3 is 2. The third kappa shape index (κ3) is 3.12. The van der Waals surface area contributed by atoms with Crippen LogP contribution in [0.25, 0.3) is 10.9 Å². The van der Waals surface area contributed by atoms with E-state index in [9.17, 15) is 4.79 Å². The molecule has 1 heterocycles. The highest BCUT2D eigenvalue weighted by molar-refractivity contribution is 5.98. The molecule has 1 atom stereocenters. The van der Waals surface area contributed by atoms with Crippen LogP contribution in [0.3, 0.4) is 0 Å². The van der Waals surface area contributed by atoms with Crippen molar-refractivity contribution in [2.24, 2.45) is 0 Å². The summed E-state index contributed by atoms with van der Waals surface area (Å²) in [5.74, 6) is -0.164. The molecule has 1 aromatic heterocycles. The molecule has 0 aliphatic rings. The zero-order valence-electron chi connectivity index (χ0n) is 11.8. The van der Waals surface area contributed by atoms with Crippen molar-refractivity contribution in [3.05, 3.63) is 42.1 Å². The van der Waals surface area contributed by atoms with Crippen molar-refractivity contribution in [1.82, 2.24) is 10.3 Å². The van der Waals surface area contributed by atoms with Gasteiger partial charge in [-0.15, -0.1) is 0 Å². The van der Waals surface area contributed by atoms with E-state index in [1.807, 2.05) is 31.2 Å². The largest absolute Gasteiger partial charge is 0.354 e. The average Bonchev–Trinajstić information content (AvgIpc) is 2.48. The molecule has 5 nitrogen and oxygen atoms in total. The zero-order chi connectivity index (χ0) is 14.5. The van der Waals surface area contributed by atoms with Crippen LogP contribution >= 0.6 is 0 Å².